The van der Waals surface area contributed by atoms with Crippen molar-refractivity contribution >= 4 is 23.2 Å². The quantitative estimate of drug-likeness (QED) is 0.867. The summed E-state index contributed by atoms with van der Waals surface area (Å²) in [6.45, 7) is 1.41. The number of hydrogen-bond donors (Lipinski definition) is 1. The summed E-state index contributed by atoms with van der Waals surface area (Å²) in [5.41, 5.74) is 1.69. The number of thiazole rings is 1. The van der Waals surface area contributed by atoms with Crippen LogP contribution in [0.3, 0.4) is 0 Å². The van der Waals surface area contributed by atoms with Crippen molar-refractivity contribution < 1.29 is 19.1 Å². The van der Waals surface area contributed by atoms with Crippen molar-refractivity contribution in [3.05, 3.63) is 29.7 Å². The number of likely N-dealkylation sites (tertiary alicyclic amines) is 1. The van der Waals surface area contributed by atoms with Crippen molar-refractivity contribution in [2.24, 2.45) is 5.92 Å². The van der Waals surface area contributed by atoms with Crippen LogP contribution >= 0.6 is 11.3 Å². The molecule has 0 radical (unpaired) electrons. The van der Waals surface area contributed by atoms with Crippen molar-refractivity contribution in [2.45, 2.75) is 32.1 Å². The summed E-state index contributed by atoms with van der Waals surface area (Å²) < 4.78 is 5.06. The number of carbonyl (C=O) groups excluding carboxylic acids is 1. The lowest BCUT2D eigenvalue weighted by Gasteiger charge is -2.32. The largest absolute Gasteiger partial charge is 0.481 e. The number of carboxylic acid groups (broad SMARTS) is 1. The SMILES string of the molecule is O=C(O)CCC1CCCN(C(=O)Cc2csc(-c3ccoc3)n2)C1. The van der Waals surface area contributed by atoms with Gasteiger partial charge in [-0.15, -0.1) is 11.3 Å². The Morgan fingerprint density at radius 1 is 1.46 bits per heavy atom. The second kappa shape index (κ2) is 7.61. The number of aromatic nitrogens is 1. The molecule has 6 nitrogen and oxygen atoms in total. The van der Waals surface area contributed by atoms with Crippen LogP contribution in [0.25, 0.3) is 10.6 Å². The van der Waals surface area contributed by atoms with E-state index < -0.39 is 5.97 Å². The number of rotatable bonds is 6. The molecule has 1 N–H and O–H groups in total. The van der Waals surface area contributed by atoms with E-state index in [1.807, 2.05) is 16.3 Å². The molecule has 3 rings (SSSR count). The predicted molar refractivity (Wildman–Crippen MR) is 89.7 cm³/mol. The zero-order valence-corrected chi connectivity index (χ0v) is 14.1. The molecule has 2 aromatic rings. The first-order valence-electron chi connectivity index (χ1n) is 8.08. The van der Waals surface area contributed by atoms with Gasteiger partial charge in [-0.3, -0.25) is 9.59 Å². The van der Waals surface area contributed by atoms with E-state index in [1.165, 1.54) is 11.3 Å². The van der Waals surface area contributed by atoms with Crippen molar-refractivity contribution in [3.63, 3.8) is 0 Å². The molecule has 1 aliphatic rings. The van der Waals surface area contributed by atoms with Gasteiger partial charge in [-0.1, -0.05) is 0 Å². The molecule has 7 heteroatoms. The summed E-state index contributed by atoms with van der Waals surface area (Å²) in [5.74, 6) is -0.414. The minimum absolute atomic E-state index is 0.0686. The molecule has 0 saturated carbocycles. The Hall–Kier alpha value is -2.15. The van der Waals surface area contributed by atoms with Gasteiger partial charge < -0.3 is 14.4 Å². The predicted octanol–water partition coefficient (Wildman–Crippen LogP) is 3.05. The molecule has 1 unspecified atom stereocenters. The monoisotopic (exact) mass is 348 g/mol. The van der Waals surface area contributed by atoms with Gasteiger partial charge >= 0.3 is 5.97 Å². The number of furan rings is 1. The minimum Gasteiger partial charge on any atom is -0.481 e. The van der Waals surface area contributed by atoms with Crippen LogP contribution < -0.4 is 0 Å². The van der Waals surface area contributed by atoms with E-state index in [9.17, 15) is 9.59 Å². The lowest BCUT2D eigenvalue weighted by atomic mass is 9.93. The average molecular weight is 348 g/mol. The van der Waals surface area contributed by atoms with Crippen LogP contribution in [0, 0.1) is 5.92 Å². The minimum atomic E-state index is -0.771. The van der Waals surface area contributed by atoms with Gasteiger partial charge in [0.2, 0.25) is 5.91 Å². The smallest absolute Gasteiger partial charge is 0.303 e. The molecule has 1 saturated heterocycles. The average Bonchev–Trinajstić information content (AvgIpc) is 3.24. The third kappa shape index (κ3) is 4.23. The number of hydrogen-bond acceptors (Lipinski definition) is 5. The molecule has 0 spiro atoms. The van der Waals surface area contributed by atoms with Crippen molar-refractivity contribution in [1.29, 1.82) is 0 Å². The maximum absolute atomic E-state index is 12.5. The Bertz CT molecular complexity index is 695. The lowest BCUT2D eigenvalue weighted by Crippen LogP contribution is -2.40. The molecule has 0 aromatic carbocycles. The highest BCUT2D eigenvalue weighted by atomic mass is 32.1. The number of piperidine rings is 1. The Morgan fingerprint density at radius 2 is 2.33 bits per heavy atom. The van der Waals surface area contributed by atoms with E-state index >= 15 is 0 Å². The fourth-order valence-corrected chi connectivity index (χ4v) is 3.83. The number of carboxylic acids is 1. The highest BCUT2D eigenvalue weighted by Gasteiger charge is 2.24. The topological polar surface area (TPSA) is 83.6 Å². The third-order valence-electron chi connectivity index (χ3n) is 4.29. The van der Waals surface area contributed by atoms with E-state index in [0.29, 0.717) is 19.4 Å². The van der Waals surface area contributed by atoms with E-state index in [2.05, 4.69) is 4.98 Å². The highest BCUT2D eigenvalue weighted by molar-refractivity contribution is 7.13. The van der Waals surface area contributed by atoms with Crippen LogP contribution in [0.5, 0.6) is 0 Å². The van der Waals surface area contributed by atoms with Gasteiger partial charge in [-0.05, 0) is 31.2 Å². The molecule has 0 bridgehead atoms. The van der Waals surface area contributed by atoms with Gasteiger partial charge in [0.1, 0.15) is 11.3 Å². The van der Waals surface area contributed by atoms with E-state index in [4.69, 9.17) is 9.52 Å². The molecule has 1 aliphatic heterocycles. The highest BCUT2D eigenvalue weighted by Crippen LogP contribution is 2.25. The molecule has 1 atom stereocenters. The molecule has 1 fully saturated rings. The Morgan fingerprint density at radius 3 is 3.08 bits per heavy atom. The first-order valence-corrected chi connectivity index (χ1v) is 8.96. The Labute approximate surface area is 144 Å². The van der Waals surface area contributed by atoms with E-state index in [-0.39, 0.29) is 18.2 Å². The molecular weight excluding hydrogens is 328 g/mol. The zero-order chi connectivity index (χ0) is 16.9. The van der Waals surface area contributed by atoms with Gasteiger partial charge in [0.25, 0.3) is 0 Å². The summed E-state index contributed by atoms with van der Waals surface area (Å²) in [4.78, 5) is 29.6. The molecule has 128 valence electrons. The second-order valence-corrected chi connectivity index (χ2v) is 6.97. The maximum atomic E-state index is 12.5. The first kappa shape index (κ1) is 16.7. The molecule has 3 heterocycles. The normalized spacial score (nSPS) is 17.8. The fourth-order valence-electron chi connectivity index (χ4n) is 3.03. The summed E-state index contributed by atoms with van der Waals surface area (Å²) in [6.07, 6.45) is 6.29. The Balaban J connectivity index is 1.55. The van der Waals surface area contributed by atoms with Crippen LogP contribution in [-0.4, -0.2) is 40.0 Å². The number of carbonyl (C=O) groups is 2. The molecule has 0 aliphatic carbocycles. The molecule has 24 heavy (non-hydrogen) atoms. The number of aliphatic carboxylic acids is 1. The van der Waals surface area contributed by atoms with Crippen LogP contribution in [0.15, 0.2) is 28.4 Å². The van der Waals surface area contributed by atoms with Gasteiger partial charge in [-0.25, -0.2) is 4.98 Å². The van der Waals surface area contributed by atoms with Gasteiger partial charge in [0.05, 0.1) is 18.4 Å². The van der Waals surface area contributed by atoms with Gasteiger partial charge in [-0.2, -0.15) is 0 Å². The second-order valence-electron chi connectivity index (χ2n) is 6.11. The summed E-state index contributed by atoms with van der Waals surface area (Å²) in [6, 6.07) is 1.85. The van der Waals surface area contributed by atoms with E-state index in [0.717, 1.165) is 35.7 Å². The summed E-state index contributed by atoms with van der Waals surface area (Å²) in [7, 11) is 0. The lowest BCUT2D eigenvalue weighted by molar-refractivity contribution is -0.137. The molecule has 2 aromatic heterocycles. The maximum Gasteiger partial charge on any atom is 0.303 e. The van der Waals surface area contributed by atoms with Crippen LogP contribution in [0.4, 0.5) is 0 Å². The first-order chi connectivity index (χ1) is 11.6. The van der Waals surface area contributed by atoms with Gasteiger partial charge in [0, 0.05) is 30.5 Å². The van der Waals surface area contributed by atoms with Crippen LogP contribution in [0.2, 0.25) is 0 Å². The van der Waals surface area contributed by atoms with E-state index in [1.54, 1.807) is 12.5 Å². The summed E-state index contributed by atoms with van der Waals surface area (Å²) in [5, 5.41) is 11.6. The number of amides is 1. The molecular formula is C17H20N2O4S. The summed E-state index contributed by atoms with van der Waals surface area (Å²) >= 11 is 1.50. The van der Waals surface area contributed by atoms with Crippen LogP contribution in [-0.2, 0) is 16.0 Å². The van der Waals surface area contributed by atoms with Crippen molar-refractivity contribution in [2.75, 3.05) is 13.1 Å². The van der Waals surface area contributed by atoms with Crippen molar-refractivity contribution in [1.82, 2.24) is 9.88 Å². The van der Waals surface area contributed by atoms with Crippen molar-refractivity contribution in [3.8, 4) is 10.6 Å². The zero-order valence-electron chi connectivity index (χ0n) is 13.3. The Kier molecular flexibility index (Phi) is 5.30. The third-order valence-corrected chi connectivity index (χ3v) is 5.23. The van der Waals surface area contributed by atoms with Crippen LogP contribution in [0.1, 0.15) is 31.4 Å². The standard InChI is InChI=1S/C17H20N2O4S/c20-15(19-6-1-2-12(9-19)3-4-16(21)22)8-14-11-24-17(18-14)13-5-7-23-10-13/h5,7,10-12H,1-4,6,8-9H2,(H,21,22). The number of nitrogens with zero attached hydrogens (tertiary/aromatic N) is 2. The van der Waals surface area contributed by atoms with Gasteiger partial charge in [0.15, 0.2) is 0 Å². The molecule has 1 amide bonds. The fraction of sp³-hybridized carbons (Fsp3) is 0.471.